The van der Waals surface area contributed by atoms with Crippen LogP contribution in [0.25, 0.3) is 0 Å². The maximum atomic E-state index is 11.6. The van der Waals surface area contributed by atoms with Gasteiger partial charge in [-0.25, -0.2) is 22.5 Å². The average Bonchev–Trinajstić information content (AvgIpc) is 3.04. The average molecular weight is 338 g/mol. The molecule has 0 saturated carbocycles. The molecule has 0 radical (unpaired) electrons. The third kappa shape index (κ3) is 6.85. The van der Waals surface area contributed by atoms with E-state index in [1.165, 1.54) is 0 Å². The van der Waals surface area contributed by atoms with Crippen LogP contribution in [0.15, 0.2) is 24.3 Å². The summed E-state index contributed by atoms with van der Waals surface area (Å²) >= 11 is 0. The molecule has 0 unspecified atom stereocenters. The van der Waals surface area contributed by atoms with Crippen molar-refractivity contribution in [2.24, 2.45) is 0 Å². The SMILES string of the molecule is FCCF.O=C1C=CC(=O)N1CCF.O=C1C=CC(=O)N1CF. The zero-order valence-electron chi connectivity index (χ0n) is 11.9. The van der Waals surface area contributed by atoms with Crippen LogP contribution in [0.4, 0.5) is 17.6 Å². The maximum Gasteiger partial charge on any atom is 0.255 e. The molecule has 23 heavy (non-hydrogen) atoms. The lowest BCUT2D eigenvalue weighted by Gasteiger charge is -2.09. The zero-order valence-corrected chi connectivity index (χ0v) is 11.9. The predicted molar refractivity (Wildman–Crippen MR) is 70.8 cm³/mol. The Morgan fingerprint density at radius 3 is 1.17 bits per heavy atom. The van der Waals surface area contributed by atoms with E-state index in [0.29, 0.717) is 4.90 Å². The van der Waals surface area contributed by atoms with Gasteiger partial charge < -0.3 is 0 Å². The number of hydrogen-bond donors (Lipinski definition) is 0. The number of rotatable bonds is 4. The summed E-state index contributed by atoms with van der Waals surface area (Å²) in [6.07, 6.45) is 4.36. The molecular formula is C13H14F4N2O4. The number of alkyl halides is 4. The van der Waals surface area contributed by atoms with Gasteiger partial charge in [-0.2, -0.15) is 0 Å². The molecule has 2 rings (SSSR count). The van der Waals surface area contributed by atoms with Crippen molar-refractivity contribution in [3.8, 4) is 0 Å². The Balaban J connectivity index is 0.000000345. The third-order valence-electron chi connectivity index (χ3n) is 2.30. The summed E-state index contributed by atoms with van der Waals surface area (Å²) in [7, 11) is 0. The molecule has 6 nitrogen and oxygen atoms in total. The molecule has 128 valence electrons. The summed E-state index contributed by atoms with van der Waals surface area (Å²) in [6.45, 7) is -3.55. The lowest BCUT2D eigenvalue weighted by molar-refractivity contribution is -0.139. The smallest absolute Gasteiger partial charge is 0.255 e. The van der Waals surface area contributed by atoms with E-state index in [0.717, 1.165) is 29.2 Å². The molecule has 0 spiro atoms. The van der Waals surface area contributed by atoms with E-state index in [1.54, 1.807) is 0 Å². The highest BCUT2D eigenvalue weighted by molar-refractivity contribution is 6.13. The van der Waals surface area contributed by atoms with Gasteiger partial charge in [-0.05, 0) is 0 Å². The Morgan fingerprint density at radius 1 is 0.609 bits per heavy atom. The van der Waals surface area contributed by atoms with E-state index in [2.05, 4.69) is 0 Å². The summed E-state index contributed by atoms with van der Waals surface area (Å²) in [4.78, 5) is 43.4. The van der Waals surface area contributed by atoms with Crippen molar-refractivity contribution in [3.63, 3.8) is 0 Å². The van der Waals surface area contributed by atoms with Crippen LogP contribution in [0.1, 0.15) is 0 Å². The Bertz CT molecular complexity index is 470. The minimum Gasteiger partial charge on any atom is -0.273 e. The van der Waals surface area contributed by atoms with Gasteiger partial charge in [0.15, 0.2) is 6.80 Å². The minimum absolute atomic E-state index is 0.134. The van der Waals surface area contributed by atoms with Crippen molar-refractivity contribution in [2.45, 2.75) is 0 Å². The molecule has 10 heteroatoms. The Morgan fingerprint density at radius 2 is 0.957 bits per heavy atom. The van der Waals surface area contributed by atoms with Gasteiger partial charge in [-0.1, -0.05) is 0 Å². The third-order valence-corrected chi connectivity index (χ3v) is 2.30. The second kappa shape index (κ2) is 11.1. The Labute approximate surface area is 129 Å². The lowest BCUT2D eigenvalue weighted by atomic mass is 10.5. The van der Waals surface area contributed by atoms with E-state index >= 15 is 0 Å². The normalized spacial score (nSPS) is 15.7. The van der Waals surface area contributed by atoms with E-state index in [-0.39, 0.29) is 6.54 Å². The van der Waals surface area contributed by atoms with Gasteiger partial charge in [0.05, 0.1) is 6.54 Å². The Kier molecular flexibility index (Phi) is 9.88. The van der Waals surface area contributed by atoms with Crippen LogP contribution in [0, 0.1) is 0 Å². The first-order valence-electron chi connectivity index (χ1n) is 6.23. The van der Waals surface area contributed by atoms with E-state index in [1.807, 2.05) is 0 Å². The zero-order chi connectivity index (χ0) is 17.8. The first-order valence-corrected chi connectivity index (χ1v) is 6.23. The summed E-state index contributed by atoms with van der Waals surface area (Å²) in [5.41, 5.74) is 0. The summed E-state index contributed by atoms with van der Waals surface area (Å²) in [5.74, 6) is -2.02. The quantitative estimate of drug-likeness (QED) is 0.428. The van der Waals surface area contributed by atoms with Crippen molar-refractivity contribution in [2.75, 3.05) is 33.4 Å². The van der Waals surface area contributed by atoms with E-state index in [9.17, 15) is 36.7 Å². The first kappa shape index (κ1) is 20.5. The van der Waals surface area contributed by atoms with Gasteiger partial charge >= 0.3 is 0 Å². The molecule has 0 aliphatic carbocycles. The van der Waals surface area contributed by atoms with Gasteiger partial charge in [-0.15, -0.1) is 0 Å². The van der Waals surface area contributed by atoms with Crippen LogP contribution < -0.4 is 0 Å². The lowest BCUT2D eigenvalue weighted by Crippen LogP contribution is -2.31. The molecule has 0 bridgehead atoms. The van der Waals surface area contributed by atoms with Crippen LogP contribution in [0.5, 0.6) is 0 Å². The number of hydrogen-bond acceptors (Lipinski definition) is 4. The largest absolute Gasteiger partial charge is 0.273 e. The van der Waals surface area contributed by atoms with Crippen molar-refractivity contribution >= 4 is 23.6 Å². The van der Waals surface area contributed by atoms with Crippen molar-refractivity contribution in [1.82, 2.24) is 9.80 Å². The van der Waals surface area contributed by atoms with Gasteiger partial charge in [0, 0.05) is 24.3 Å². The van der Waals surface area contributed by atoms with Crippen molar-refractivity contribution < 1.29 is 36.7 Å². The molecule has 0 saturated heterocycles. The van der Waals surface area contributed by atoms with Crippen LogP contribution in [-0.4, -0.2) is 66.8 Å². The van der Waals surface area contributed by atoms with Gasteiger partial charge in [0.1, 0.15) is 20.0 Å². The topological polar surface area (TPSA) is 74.8 Å². The molecule has 2 aliphatic rings. The molecule has 0 aromatic heterocycles. The van der Waals surface area contributed by atoms with Gasteiger partial charge in [-0.3, -0.25) is 24.1 Å². The first-order chi connectivity index (χ1) is 10.9. The highest BCUT2D eigenvalue weighted by Crippen LogP contribution is 2.02. The number of nitrogens with zero attached hydrogens (tertiary/aromatic N) is 2. The molecular weight excluding hydrogens is 324 g/mol. The molecule has 2 heterocycles. The summed E-state index contributed by atoms with van der Waals surface area (Å²) in [5, 5.41) is 0. The highest BCUT2D eigenvalue weighted by Gasteiger charge is 2.22. The summed E-state index contributed by atoms with van der Waals surface area (Å²) < 4.78 is 44.0. The molecule has 4 amide bonds. The fourth-order valence-electron chi connectivity index (χ4n) is 1.28. The fourth-order valence-corrected chi connectivity index (χ4v) is 1.28. The number of halogens is 4. The maximum absolute atomic E-state index is 11.6. The van der Waals surface area contributed by atoms with Crippen LogP contribution in [0.3, 0.4) is 0 Å². The number of imide groups is 2. The van der Waals surface area contributed by atoms with Gasteiger partial charge in [0.2, 0.25) is 0 Å². The monoisotopic (exact) mass is 338 g/mol. The van der Waals surface area contributed by atoms with E-state index < -0.39 is 50.5 Å². The number of carbonyl (C=O) groups is 4. The minimum atomic E-state index is -1.04. The fraction of sp³-hybridized carbons (Fsp3) is 0.385. The van der Waals surface area contributed by atoms with Crippen molar-refractivity contribution in [1.29, 1.82) is 0 Å². The van der Waals surface area contributed by atoms with Crippen molar-refractivity contribution in [3.05, 3.63) is 24.3 Å². The second-order valence-electron chi connectivity index (χ2n) is 3.79. The molecule has 0 atom stereocenters. The van der Waals surface area contributed by atoms with Crippen LogP contribution >= 0.6 is 0 Å². The number of amides is 4. The second-order valence-corrected chi connectivity index (χ2v) is 3.79. The molecule has 0 fully saturated rings. The number of carbonyl (C=O) groups excluding carboxylic acids is 4. The summed E-state index contributed by atoms with van der Waals surface area (Å²) in [6, 6.07) is 0. The predicted octanol–water partition coefficient (Wildman–Crippen LogP) is 0.645. The van der Waals surface area contributed by atoms with E-state index in [4.69, 9.17) is 0 Å². The molecule has 0 N–H and O–H groups in total. The molecule has 0 aromatic carbocycles. The van der Waals surface area contributed by atoms with Crippen LogP contribution in [-0.2, 0) is 19.2 Å². The standard InChI is InChI=1S/C6H6FNO2.C5H4FNO2.C2H4F2/c7-3-4-8-5(9)1-2-6(8)10;6-3-7-4(8)1-2-5(7)9;3-1-2-4/h1-2H,3-4H2;1-2H,3H2;1-2H2. The molecule has 2 aliphatic heterocycles. The van der Waals surface area contributed by atoms with Gasteiger partial charge in [0.25, 0.3) is 23.6 Å². The Hall–Kier alpha value is -2.52. The highest BCUT2D eigenvalue weighted by atomic mass is 19.2. The van der Waals surface area contributed by atoms with Crippen LogP contribution in [0.2, 0.25) is 0 Å². The molecule has 0 aromatic rings.